The summed E-state index contributed by atoms with van der Waals surface area (Å²) in [4.78, 5) is 29.0. The van der Waals surface area contributed by atoms with E-state index in [4.69, 9.17) is 9.52 Å². The van der Waals surface area contributed by atoms with Crippen molar-refractivity contribution in [2.24, 2.45) is 0 Å². The van der Waals surface area contributed by atoms with E-state index in [1.165, 1.54) is 22.2 Å². The Morgan fingerprint density at radius 2 is 2.27 bits per heavy atom. The highest BCUT2D eigenvalue weighted by molar-refractivity contribution is 7.17. The van der Waals surface area contributed by atoms with Gasteiger partial charge in [-0.1, -0.05) is 13.8 Å². The summed E-state index contributed by atoms with van der Waals surface area (Å²) in [6.45, 7) is 3.36. The van der Waals surface area contributed by atoms with Crippen LogP contribution in [0.1, 0.15) is 25.6 Å². The molecule has 3 rings (SSSR count). The molecular formula is C15H14N2O4S. The summed E-state index contributed by atoms with van der Waals surface area (Å²) in [6.07, 6.45) is 1.53. The van der Waals surface area contributed by atoms with Crippen LogP contribution < -0.4 is 5.56 Å². The Kier molecular flexibility index (Phi) is 3.58. The van der Waals surface area contributed by atoms with Gasteiger partial charge in [-0.25, -0.2) is 4.98 Å². The first-order valence-corrected chi connectivity index (χ1v) is 7.64. The summed E-state index contributed by atoms with van der Waals surface area (Å²) in [5, 5.41) is 11.3. The van der Waals surface area contributed by atoms with Gasteiger partial charge in [0.05, 0.1) is 11.6 Å². The predicted molar refractivity (Wildman–Crippen MR) is 83.3 cm³/mol. The number of furan rings is 1. The van der Waals surface area contributed by atoms with Gasteiger partial charge in [0.2, 0.25) is 0 Å². The zero-order valence-corrected chi connectivity index (χ0v) is 12.9. The number of aromatic nitrogens is 2. The maximum atomic E-state index is 12.8. The molecule has 3 aromatic rings. The van der Waals surface area contributed by atoms with E-state index in [-0.39, 0.29) is 11.5 Å². The number of aliphatic carboxylic acids is 1. The summed E-state index contributed by atoms with van der Waals surface area (Å²) < 4.78 is 6.58. The quantitative estimate of drug-likeness (QED) is 0.799. The molecule has 0 amide bonds. The average molecular weight is 318 g/mol. The van der Waals surface area contributed by atoms with Crippen LogP contribution in [-0.4, -0.2) is 20.6 Å². The van der Waals surface area contributed by atoms with E-state index in [1.807, 2.05) is 19.2 Å². The van der Waals surface area contributed by atoms with Crippen molar-refractivity contribution in [1.29, 1.82) is 0 Å². The molecule has 0 saturated carbocycles. The third-order valence-electron chi connectivity index (χ3n) is 3.32. The van der Waals surface area contributed by atoms with Gasteiger partial charge < -0.3 is 9.52 Å². The van der Waals surface area contributed by atoms with E-state index in [2.05, 4.69) is 4.98 Å². The van der Waals surface area contributed by atoms with Crippen LogP contribution in [-0.2, 0) is 11.3 Å². The van der Waals surface area contributed by atoms with Crippen molar-refractivity contribution in [3.63, 3.8) is 0 Å². The Morgan fingerprint density at radius 3 is 2.86 bits per heavy atom. The SMILES string of the molecule is CC(C)c1nc2scc(-c3ccco3)c2c(=O)n1CC(=O)O. The molecular weight excluding hydrogens is 304 g/mol. The van der Waals surface area contributed by atoms with Gasteiger partial charge in [-0.15, -0.1) is 11.3 Å². The number of carbonyl (C=O) groups is 1. The Bertz CT molecular complexity index is 890. The van der Waals surface area contributed by atoms with Crippen molar-refractivity contribution in [2.45, 2.75) is 26.3 Å². The van der Waals surface area contributed by atoms with Gasteiger partial charge in [-0.3, -0.25) is 14.2 Å². The molecule has 0 radical (unpaired) electrons. The summed E-state index contributed by atoms with van der Waals surface area (Å²) in [5.74, 6) is -0.0670. The van der Waals surface area contributed by atoms with Crippen LogP contribution in [0.3, 0.4) is 0 Å². The molecule has 0 atom stereocenters. The summed E-state index contributed by atoms with van der Waals surface area (Å²) in [7, 11) is 0. The van der Waals surface area contributed by atoms with E-state index in [0.29, 0.717) is 27.4 Å². The van der Waals surface area contributed by atoms with E-state index in [9.17, 15) is 9.59 Å². The molecule has 0 aliphatic rings. The van der Waals surface area contributed by atoms with Crippen molar-refractivity contribution in [2.75, 3.05) is 0 Å². The number of rotatable bonds is 4. The number of hydrogen-bond donors (Lipinski definition) is 1. The molecule has 3 aromatic heterocycles. The topological polar surface area (TPSA) is 85.3 Å². The van der Waals surface area contributed by atoms with Crippen LogP contribution in [0.5, 0.6) is 0 Å². The molecule has 0 fully saturated rings. The van der Waals surface area contributed by atoms with Crippen molar-refractivity contribution in [3.8, 4) is 11.3 Å². The second-order valence-electron chi connectivity index (χ2n) is 5.22. The van der Waals surface area contributed by atoms with Gasteiger partial charge in [0.15, 0.2) is 0 Å². The Balaban J connectivity index is 2.33. The van der Waals surface area contributed by atoms with Crippen LogP contribution in [0, 0.1) is 0 Å². The average Bonchev–Trinajstić information content (AvgIpc) is 3.09. The third-order valence-corrected chi connectivity index (χ3v) is 4.19. The first-order valence-electron chi connectivity index (χ1n) is 6.76. The number of hydrogen-bond acceptors (Lipinski definition) is 5. The molecule has 0 spiro atoms. The number of carboxylic acid groups (broad SMARTS) is 1. The molecule has 22 heavy (non-hydrogen) atoms. The Morgan fingerprint density at radius 1 is 1.50 bits per heavy atom. The summed E-state index contributed by atoms with van der Waals surface area (Å²) >= 11 is 1.35. The zero-order valence-electron chi connectivity index (χ0n) is 12.1. The fourth-order valence-electron chi connectivity index (χ4n) is 2.38. The van der Waals surface area contributed by atoms with Crippen LogP contribution in [0.2, 0.25) is 0 Å². The van der Waals surface area contributed by atoms with Gasteiger partial charge >= 0.3 is 5.97 Å². The van der Waals surface area contributed by atoms with Crippen molar-refractivity contribution in [3.05, 3.63) is 40.0 Å². The smallest absolute Gasteiger partial charge is 0.323 e. The highest BCUT2D eigenvalue weighted by Crippen LogP contribution is 2.31. The number of thiophene rings is 1. The number of nitrogens with zero attached hydrogens (tertiary/aromatic N) is 2. The highest BCUT2D eigenvalue weighted by atomic mass is 32.1. The maximum absolute atomic E-state index is 12.8. The maximum Gasteiger partial charge on any atom is 0.323 e. The molecule has 114 valence electrons. The molecule has 3 heterocycles. The van der Waals surface area contributed by atoms with Crippen molar-refractivity contribution < 1.29 is 14.3 Å². The van der Waals surface area contributed by atoms with Crippen molar-refractivity contribution in [1.82, 2.24) is 9.55 Å². The molecule has 0 bridgehead atoms. The number of fused-ring (bicyclic) bond motifs is 1. The Labute approximate surface area is 129 Å². The molecule has 0 aliphatic heterocycles. The first-order chi connectivity index (χ1) is 10.5. The van der Waals surface area contributed by atoms with E-state index < -0.39 is 12.5 Å². The monoisotopic (exact) mass is 318 g/mol. The van der Waals surface area contributed by atoms with Gasteiger partial charge in [0.1, 0.15) is 23.0 Å². The lowest BCUT2D eigenvalue weighted by Crippen LogP contribution is -2.29. The molecule has 0 saturated heterocycles. The summed E-state index contributed by atoms with van der Waals surface area (Å²) in [5.41, 5.74) is 0.306. The molecule has 6 nitrogen and oxygen atoms in total. The lowest BCUT2D eigenvalue weighted by Gasteiger charge is -2.13. The molecule has 0 unspecified atom stereocenters. The fraction of sp³-hybridized carbons (Fsp3) is 0.267. The van der Waals surface area contributed by atoms with E-state index in [0.717, 1.165) is 0 Å². The summed E-state index contributed by atoms with van der Waals surface area (Å²) in [6, 6.07) is 3.50. The predicted octanol–water partition coefficient (Wildman–Crippen LogP) is 2.93. The van der Waals surface area contributed by atoms with E-state index >= 15 is 0 Å². The van der Waals surface area contributed by atoms with Gasteiger partial charge in [0.25, 0.3) is 5.56 Å². The van der Waals surface area contributed by atoms with Crippen LogP contribution in [0.15, 0.2) is 33.0 Å². The van der Waals surface area contributed by atoms with Gasteiger partial charge in [-0.2, -0.15) is 0 Å². The lowest BCUT2D eigenvalue weighted by molar-refractivity contribution is -0.137. The highest BCUT2D eigenvalue weighted by Gasteiger charge is 2.20. The van der Waals surface area contributed by atoms with E-state index in [1.54, 1.807) is 12.1 Å². The first kappa shape index (κ1) is 14.5. The minimum absolute atomic E-state index is 0.0504. The van der Waals surface area contributed by atoms with Crippen molar-refractivity contribution >= 4 is 27.5 Å². The minimum atomic E-state index is -1.07. The van der Waals surface area contributed by atoms with Crippen LogP contribution >= 0.6 is 11.3 Å². The van der Waals surface area contributed by atoms with Crippen LogP contribution in [0.25, 0.3) is 21.5 Å². The molecule has 7 heteroatoms. The zero-order chi connectivity index (χ0) is 15.9. The molecule has 0 aromatic carbocycles. The van der Waals surface area contributed by atoms with Crippen LogP contribution in [0.4, 0.5) is 0 Å². The molecule has 1 N–H and O–H groups in total. The second-order valence-corrected chi connectivity index (χ2v) is 6.07. The standard InChI is InChI=1S/C15H14N2O4S/c1-8(2)13-16-14-12(15(20)17(13)6-11(18)19)9(7-22-14)10-4-3-5-21-10/h3-5,7-8H,6H2,1-2H3,(H,18,19). The lowest BCUT2D eigenvalue weighted by atomic mass is 10.1. The second kappa shape index (κ2) is 5.42. The number of carboxylic acids is 1. The van der Waals surface area contributed by atoms with Gasteiger partial charge in [-0.05, 0) is 12.1 Å². The van der Waals surface area contributed by atoms with Gasteiger partial charge in [0, 0.05) is 16.9 Å². The fourth-order valence-corrected chi connectivity index (χ4v) is 3.31. The third kappa shape index (κ3) is 2.33. The Hall–Kier alpha value is -2.41. The largest absolute Gasteiger partial charge is 0.480 e. The normalized spacial score (nSPS) is 11.4. The molecule has 0 aliphatic carbocycles. The minimum Gasteiger partial charge on any atom is -0.480 e.